The van der Waals surface area contributed by atoms with Gasteiger partial charge >= 0.3 is 6.03 Å². The van der Waals surface area contributed by atoms with Crippen LogP contribution in [-0.2, 0) is 15.1 Å². The van der Waals surface area contributed by atoms with Crippen LogP contribution in [0.1, 0.15) is 23.6 Å². The first-order chi connectivity index (χ1) is 12.7. The Morgan fingerprint density at radius 1 is 1.15 bits per heavy atom. The summed E-state index contributed by atoms with van der Waals surface area (Å²) >= 11 is 5.89. The van der Waals surface area contributed by atoms with Gasteiger partial charge in [0.1, 0.15) is 12.1 Å². The van der Waals surface area contributed by atoms with Crippen molar-refractivity contribution in [2.75, 3.05) is 11.9 Å². The Kier molecular flexibility index (Phi) is 4.93. The van der Waals surface area contributed by atoms with E-state index in [1.807, 2.05) is 26.0 Å². The molecule has 1 saturated heterocycles. The average Bonchev–Trinajstić information content (AvgIpc) is 2.82. The number of rotatable bonds is 4. The van der Waals surface area contributed by atoms with Gasteiger partial charge < -0.3 is 10.6 Å². The maximum atomic E-state index is 12.9. The Morgan fingerprint density at radius 3 is 2.44 bits per heavy atom. The molecule has 1 atom stereocenters. The molecule has 1 aliphatic rings. The SMILES string of the molecule is Cc1ccc(NC(=O)CN2C(=O)NC(C)(c3ccc(Cl)cc3)C2=O)c(C)c1. The summed E-state index contributed by atoms with van der Waals surface area (Å²) in [6.45, 7) is 5.09. The number of urea groups is 1. The number of aryl methyl sites for hydroxylation is 2. The molecular formula is C20H20ClN3O3. The summed E-state index contributed by atoms with van der Waals surface area (Å²) < 4.78 is 0. The quantitative estimate of drug-likeness (QED) is 0.792. The minimum Gasteiger partial charge on any atom is -0.324 e. The third-order valence-electron chi connectivity index (χ3n) is 4.65. The number of hydrogen-bond donors (Lipinski definition) is 2. The molecule has 0 saturated carbocycles. The smallest absolute Gasteiger partial charge is 0.324 e. The zero-order valence-electron chi connectivity index (χ0n) is 15.3. The molecule has 0 aromatic heterocycles. The number of halogens is 1. The molecule has 4 amide bonds. The van der Waals surface area contributed by atoms with Gasteiger partial charge in [-0.25, -0.2) is 4.79 Å². The van der Waals surface area contributed by atoms with Gasteiger partial charge in [-0.05, 0) is 50.1 Å². The lowest BCUT2D eigenvalue weighted by Gasteiger charge is -2.22. The predicted octanol–water partition coefficient (Wildman–Crippen LogP) is 3.36. The number of nitrogens with zero attached hydrogens (tertiary/aromatic N) is 1. The number of hydrogen-bond acceptors (Lipinski definition) is 3. The van der Waals surface area contributed by atoms with Gasteiger partial charge in [-0.15, -0.1) is 0 Å². The second-order valence-electron chi connectivity index (χ2n) is 6.82. The zero-order valence-corrected chi connectivity index (χ0v) is 16.1. The monoisotopic (exact) mass is 385 g/mol. The molecule has 0 bridgehead atoms. The van der Waals surface area contributed by atoms with E-state index in [-0.39, 0.29) is 6.54 Å². The summed E-state index contributed by atoms with van der Waals surface area (Å²) in [5.41, 5.74) is 2.01. The Morgan fingerprint density at radius 2 is 1.81 bits per heavy atom. The highest BCUT2D eigenvalue weighted by Crippen LogP contribution is 2.29. The lowest BCUT2D eigenvalue weighted by Crippen LogP contribution is -2.42. The molecule has 1 aliphatic heterocycles. The second kappa shape index (κ2) is 7.04. The van der Waals surface area contributed by atoms with Crippen LogP contribution in [0, 0.1) is 13.8 Å². The molecule has 3 rings (SSSR count). The average molecular weight is 386 g/mol. The van der Waals surface area contributed by atoms with Crippen LogP contribution in [0.3, 0.4) is 0 Å². The molecule has 0 spiro atoms. The van der Waals surface area contributed by atoms with E-state index >= 15 is 0 Å². The Balaban J connectivity index is 1.75. The number of carbonyl (C=O) groups excluding carboxylic acids is 3. The van der Waals surface area contributed by atoms with Gasteiger partial charge in [-0.1, -0.05) is 41.4 Å². The summed E-state index contributed by atoms with van der Waals surface area (Å²) in [5.74, 6) is -0.920. The van der Waals surface area contributed by atoms with Crippen LogP contribution in [0.15, 0.2) is 42.5 Å². The summed E-state index contributed by atoms with van der Waals surface area (Å²) in [5, 5.41) is 5.95. The van der Waals surface area contributed by atoms with E-state index in [0.717, 1.165) is 16.0 Å². The van der Waals surface area contributed by atoms with Gasteiger partial charge in [-0.2, -0.15) is 0 Å². The van der Waals surface area contributed by atoms with Crippen molar-refractivity contribution < 1.29 is 14.4 Å². The maximum Gasteiger partial charge on any atom is 0.325 e. The number of anilines is 1. The lowest BCUT2D eigenvalue weighted by molar-refractivity contribution is -0.133. The summed E-state index contributed by atoms with van der Waals surface area (Å²) in [4.78, 5) is 38.5. The Labute approximate surface area is 162 Å². The van der Waals surface area contributed by atoms with E-state index in [1.165, 1.54) is 0 Å². The number of amides is 4. The van der Waals surface area contributed by atoms with Crippen LogP contribution in [0.2, 0.25) is 5.02 Å². The van der Waals surface area contributed by atoms with Crippen molar-refractivity contribution in [2.24, 2.45) is 0 Å². The molecule has 6 nitrogen and oxygen atoms in total. The summed E-state index contributed by atoms with van der Waals surface area (Å²) in [6, 6.07) is 11.7. The molecule has 1 unspecified atom stereocenters. The van der Waals surface area contributed by atoms with Crippen molar-refractivity contribution in [3.8, 4) is 0 Å². The number of benzene rings is 2. The summed E-state index contributed by atoms with van der Waals surface area (Å²) in [6.07, 6.45) is 0. The van der Waals surface area contributed by atoms with Gasteiger partial charge in [-0.3, -0.25) is 14.5 Å². The highest BCUT2D eigenvalue weighted by Gasteiger charge is 2.49. The van der Waals surface area contributed by atoms with Crippen molar-refractivity contribution in [2.45, 2.75) is 26.3 Å². The minimum atomic E-state index is -1.23. The minimum absolute atomic E-state index is 0.360. The highest BCUT2D eigenvalue weighted by atomic mass is 35.5. The summed E-state index contributed by atoms with van der Waals surface area (Å²) in [7, 11) is 0. The first-order valence-electron chi connectivity index (χ1n) is 8.48. The van der Waals surface area contributed by atoms with Gasteiger partial charge in [0.2, 0.25) is 5.91 Å². The molecule has 140 valence electrons. The van der Waals surface area contributed by atoms with Crippen molar-refractivity contribution in [3.63, 3.8) is 0 Å². The standard InChI is InChI=1S/C20H20ClN3O3/c1-12-4-9-16(13(2)10-12)22-17(25)11-24-18(26)20(3,23-19(24)27)14-5-7-15(21)8-6-14/h4-10H,11H2,1-3H3,(H,22,25)(H,23,27). The normalized spacial score (nSPS) is 19.2. The fraction of sp³-hybridized carbons (Fsp3) is 0.250. The number of imide groups is 1. The van der Waals surface area contributed by atoms with Crippen LogP contribution >= 0.6 is 11.6 Å². The second-order valence-corrected chi connectivity index (χ2v) is 7.26. The van der Waals surface area contributed by atoms with Crippen molar-refractivity contribution in [1.29, 1.82) is 0 Å². The van der Waals surface area contributed by atoms with E-state index in [0.29, 0.717) is 16.3 Å². The zero-order chi connectivity index (χ0) is 19.8. The highest BCUT2D eigenvalue weighted by molar-refractivity contribution is 6.30. The fourth-order valence-corrected chi connectivity index (χ4v) is 3.23. The first-order valence-corrected chi connectivity index (χ1v) is 8.86. The fourth-order valence-electron chi connectivity index (χ4n) is 3.11. The topological polar surface area (TPSA) is 78.5 Å². The number of carbonyl (C=O) groups is 3. The molecule has 1 heterocycles. The molecule has 1 fully saturated rings. The molecule has 0 radical (unpaired) electrons. The molecule has 2 aromatic carbocycles. The van der Waals surface area contributed by atoms with Gasteiger partial charge in [0.15, 0.2) is 0 Å². The van der Waals surface area contributed by atoms with Crippen LogP contribution in [0.4, 0.5) is 10.5 Å². The molecule has 27 heavy (non-hydrogen) atoms. The van der Waals surface area contributed by atoms with E-state index in [1.54, 1.807) is 37.3 Å². The van der Waals surface area contributed by atoms with Crippen molar-refractivity contribution >= 4 is 35.1 Å². The Bertz CT molecular complexity index is 927. The van der Waals surface area contributed by atoms with E-state index in [9.17, 15) is 14.4 Å². The van der Waals surface area contributed by atoms with Gasteiger partial charge in [0.05, 0.1) is 0 Å². The molecule has 0 aliphatic carbocycles. The third kappa shape index (κ3) is 3.66. The maximum absolute atomic E-state index is 12.9. The van der Waals surface area contributed by atoms with E-state index in [4.69, 9.17) is 11.6 Å². The van der Waals surface area contributed by atoms with Crippen LogP contribution in [-0.4, -0.2) is 29.3 Å². The van der Waals surface area contributed by atoms with Gasteiger partial charge in [0.25, 0.3) is 5.91 Å². The first kappa shape index (κ1) is 18.9. The lowest BCUT2D eigenvalue weighted by atomic mass is 9.92. The van der Waals surface area contributed by atoms with Crippen molar-refractivity contribution in [3.05, 3.63) is 64.2 Å². The third-order valence-corrected chi connectivity index (χ3v) is 4.91. The van der Waals surface area contributed by atoms with Gasteiger partial charge in [0, 0.05) is 10.7 Å². The molecule has 2 aromatic rings. The Hall–Kier alpha value is -2.86. The van der Waals surface area contributed by atoms with Crippen LogP contribution in [0.25, 0.3) is 0 Å². The van der Waals surface area contributed by atoms with Crippen LogP contribution in [0.5, 0.6) is 0 Å². The largest absolute Gasteiger partial charge is 0.325 e. The number of nitrogens with one attached hydrogen (secondary N) is 2. The van der Waals surface area contributed by atoms with E-state index in [2.05, 4.69) is 10.6 Å². The van der Waals surface area contributed by atoms with Crippen LogP contribution < -0.4 is 10.6 Å². The molecule has 2 N–H and O–H groups in total. The van der Waals surface area contributed by atoms with Crippen molar-refractivity contribution in [1.82, 2.24) is 10.2 Å². The molecular weight excluding hydrogens is 366 g/mol. The molecule has 7 heteroatoms. The van der Waals surface area contributed by atoms with E-state index < -0.39 is 23.4 Å². The predicted molar refractivity (Wildman–Crippen MR) is 104 cm³/mol.